The van der Waals surface area contributed by atoms with Crippen LogP contribution in [0.2, 0.25) is 0 Å². The standard InChI is InChI=1S/C25H43N3O5/c1-5-7-9-13-27-22(31)20-25-16-17(3)24(4,33-25)18(21(30)26-12-6-2)19(25)23(32)28(20)14-10-8-11-15-29/h17-20,29H,5-16H2,1-4H3,(H,26,30)(H,27,31)/t17?,18-,19-,20?,24+,25?/m0/s1. The highest BCUT2D eigenvalue weighted by Gasteiger charge is 2.79. The van der Waals surface area contributed by atoms with Gasteiger partial charge < -0.3 is 25.4 Å². The van der Waals surface area contributed by atoms with Crippen molar-refractivity contribution >= 4 is 17.7 Å². The van der Waals surface area contributed by atoms with Crippen molar-refractivity contribution in [3.8, 4) is 0 Å². The molecule has 8 nitrogen and oxygen atoms in total. The number of aliphatic hydroxyl groups excluding tert-OH is 1. The van der Waals surface area contributed by atoms with Crippen molar-refractivity contribution in [2.45, 2.75) is 96.3 Å². The molecule has 6 atom stereocenters. The highest BCUT2D eigenvalue weighted by molar-refractivity contribution is 5.99. The maximum Gasteiger partial charge on any atom is 0.245 e. The van der Waals surface area contributed by atoms with Crippen LogP contribution in [0.25, 0.3) is 0 Å². The molecular formula is C25H43N3O5. The minimum absolute atomic E-state index is 0.0589. The fourth-order valence-corrected chi connectivity index (χ4v) is 6.29. The van der Waals surface area contributed by atoms with Crippen LogP contribution in [0.4, 0.5) is 0 Å². The summed E-state index contributed by atoms with van der Waals surface area (Å²) in [6, 6.07) is -0.723. The number of nitrogens with one attached hydrogen (secondary N) is 2. The molecule has 3 amide bonds. The molecule has 0 aromatic rings. The molecule has 3 rings (SSSR count). The Morgan fingerprint density at radius 1 is 1.06 bits per heavy atom. The minimum atomic E-state index is -0.967. The lowest BCUT2D eigenvalue weighted by molar-refractivity contribution is -0.147. The van der Waals surface area contributed by atoms with Crippen molar-refractivity contribution in [3.63, 3.8) is 0 Å². The third-order valence-electron chi connectivity index (χ3n) is 8.03. The molecule has 0 aromatic carbocycles. The van der Waals surface area contributed by atoms with E-state index in [2.05, 4.69) is 24.5 Å². The summed E-state index contributed by atoms with van der Waals surface area (Å²) >= 11 is 0. The zero-order valence-electron chi connectivity index (χ0n) is 20.8. The molecule has 3 aliphatic heterocycles. The van der Waals surface area contributed by atoms with E-state index in [1.807, 2.05) is 13.8 Å². The first-order valence-corrected chi connectivity index (χ1v) is 12.9. The van der Waals surface area contributed by atoms with E-state index in [-0.39, 0.29) is 30.2 Å². The fraction of sp³-hybridized carbons (Fsp3) is 0.880. The summed E-state index contributed by atoms with van der Waals surface area (Å²) in [5.74, 6) is -1.63. The lowest BCUT2D eigenvalue weighted by atomic mass is 9.62. The van der Waals surface area contributed by atoms with Crippen LogP contribution in [0.15, 0.2) is 0 Å². The van der Waals surface area contributed by atoms with Crippen LogP contribution in [-0.4, -0.2) is 71.2 Å². The van der Waals surface area contributed by atoms with Crippen LogP contribution >= 0.6 is 0 Å². The number of carbonyl (C=O) groups is 3. The first kappa shape index (κ1) is 25.9. The number of fused-ring (bicyclic) bond motifs is 1. The lowest BCUT2D eigenvalue weighted by Gasteiger charge is -2.36. The number of nitrogens with zero attached hydrogens (tertiary/aromatic N) is 1. The van der Waals surface area contributed by atoms with E-state index in [4.69, 9.17) is 9.84 Å². The van der Waals surface area contributed by atoms with Gasteiger partial charge in [-0.25, -0.2) is 0 Å². The van der Waals surface area contributed by atoms with Crippen molar-refractivity contribution in [3.05, 3.63) is 0 Å². The predicted molar refractivity (Wildman–Crippen MR) is 125 cm³/mol. The van der Waals surface area contributed by atoms with Crippen LogP contribution in [0.1, 0.15) is 79.1 Å². The Kier molecular flexibility index (Phi) is 8.43. The second-order valence-electron chi connectivity index (χ2n) is 10.3. The maximum absolute atomic E-state index is 13.8. The van der Waals surface area contributed by atoms with Crippen molar-refractivity contribution in [1.29, 1.82) is 0 Å². The van der Waals surface area contributed by atoms with Gasteiger partial charge >= 0.3 is 0 Å². The summed E-state index contributed by atoms with van der Waals surface area (Å²) in [4.78, 5) is 42.3. The number of amides is 3. The molecule has 188 valence electrons. The van der Waals surface area contributed by atoms with Crippen molar-refractivity contribution in [1.82, 2.24) is 15.5 Å². The van der Waals surface area contributed by atoms with E-state index >= 15 is 0 Å². The van der Waals surface area contributed by atoms with Gasteiger partial charge in [0, 0.05) is 26.2 Å². The van der Waals surface area contributed by atoms with E-state index < -0.39 is 29.1 Å². The van der Waals surface area contributed by atoms with Gasteiger partial charge in [-0.15, -0.1) is 0 Å². The first-order valence-electron chi connectivity index (χ1n) is 12.9. The molecule has 0 radical (unpaired) electrons. The Balaban J connectivity index is 1.91. The number of aliphatic hydroxyl groups is 1. The second-order valence-corrected chi connectivity index (χ2v) is 10.3. The molecule has 1 spiro atoms. The minimum Gasteiger partial charge on any atom is -0.396 e. The molecule has 8 heteroatoms. The van der Waals surface area contributed by atoms with Crippen molar-refractivity contribution in [2.24, 2.45) is 17.8 Å². The SMILES string of the molecule is CCCCCNC(=O)C1N(CCCCCO)C(=O)[C@@H]2[C@@H](C(=O)NCCC)[C@]3(C)OC12CC3C. The highest BCUT2D eigenvalue weighted by Crippen LogP contribution is 2.65. The number of unbranched alkanes of at least 4 members (excludes halogenated alkanes) is 4. The molecule has 3 saturated heterocycles. The molecule has 2 bridgehead atoms. The molecule has 0 aliphatic carbocycles. The van der Waals surface area contributed by atoms with E-state index in [1.54, 1.807) is 4.90 Å². The summed E-state index contributed by atoms with van der Waals surface area (Å²) in [6.07, 6.45) is 6.55. The van der Waals surface area contributed by atoms with Crippen molar-refractivity contribution in [2.75, 3.05) is 26.2 Å². The molecule has 3 fully saturated rings. The Morgan fingerprint density at radius 3 is 2.45 bits per heavy atom. The molecular weight excluding hydrogens is 422 g/mol. The Hall–Kier alpha value is -1.67. The van der Waals surface area contributed by atoms with Crippen molar-refractivity contribution < 1.29 is 24.2 Å². The van der Waals surface area contributed by atoms with Crippen LogP contribution in [-0.2, 0) is 19.1 Å². The number of hydrogen-bond donors (Lipinski definition) is 3. The summed E-state index contributed by atoms with van der Waals surface area (Å²) in [5.41, 5.74) is -1.73. The average molecular weight is 466 g/mol. The highest BCUT2D eigenvalue weighted by atomic mass is 16.5. The lowest BCUT2D eigenvalue weighted by Crippen LogP contribution is -2.56. The Labute approximate surface area is 198 Å². The number of carbonyl (C=O) groups excluding carboxylic acids is 3. The monoisotopic (exact) mass is 465 g/mol. The predicted octanol–water partition coefficient (Wildman–Crippen LogP) is 1.99. The smallest absolute Gasteiger partial charge is 0.245 e. The summed E-state index contributed by atoms with van der Waals surface area (Å²) < 4.78 is 6.66. The zero-order valence-corrected chi connectivity index (χ0v) is 20.8. The van der Waals surface area contributed by atoms with Gasteiger partial charge in [0.25, 0.3) is 0 Å². The van der Waals surface area contributed by atoms with Gasteiger partial charge in [-0.3, -0.25) is 14.4 Å². The largest absolute Gasteiger partial charge is 0.396 e. The first-order chi connectivity index (χ1) is 15.8. The third-order valence-corrected chi connectivity index (χ3v) is 8.03. The Morgan fingerprint density at radius 2 is 1.79 bits per heavy atom. The maximum atomic E-state index is 13.8. The average Bonchev–Trinajstić information content (AvgIpc) is 3.29. The molecule has 3 aliphatic rings. The van der Waals surface area contributed by atoms with E-state index in [0.29, 0.717) is 38.9 Å². The molecule has 0 saturated carbocycles. The summed E-state index contributed by atoms with van der Waals surface area (Å²) in [7, 11) is 0. The topological polar surface area (TPSA) is 108 Å². The van der Waals surface area contributed by atoms with Gasteiger partial charge in [-0.2, -0.15) is 0 Å². The normalized spacial score (nSPS) is 34.6. The fourth-order valence-electron chi connectivity index (χ4n) is 6.29. The van der Waals surface area contributed by atoms with E-state index in [9.17, 15) is 14.4 Å². The van der Waals surface area contributed by atoms with Gasteiger partial charge in [0.15, 0.2) is 0 Å². The number of ether oxygens (including phenoxy) is 1. The van der Waals surface area contributed by atoms with Crippen LogP contribution in [0, 0.1) is 17.8 Å². The number of likely N-dealkylation sites (tertiary alicyclic amines) is 1. The Bertz CT molecular complexity index is 731. The van der Waals surface area contributed by atoms with E-state index in [1.165, 1.54) is 0 Å². The third kappa shape index (κ3) is 4.53. The van der Waals surface area contributed by atoms with Gasteiger partial charge in [0.2, 0.25) is 17.7 Å². The van der Waals surface area contributed by atoms with Gasteiger partial charge in [0.05, 0.1) is 17.4 Å². The number of rotatable bonds is 13. The van der Waals surface area contributed by atoms with Crippen LogP contribution in [0.5, 0.6) is 0 Å². The molecule has 33 heavy (non-hydrogen) atoms. The van der Waals surface area contributed by atoms with Gasteiger partial charge in [-0.05, 0) is 51.4 Å². The molecule has 3 heterocycles. The summed E-state index contributed by atoms with van der Waals surface area (Å²) in [5, 5.41) is 15.2. The molecule has 0 aromatic heterocycles. The molecule has 3 N–H and O–H groups in total. The van der Waals surface area contributed by atoms with E-state index in [0.717, 1.165) is 32.1 Å². The zero-order chi connectivity index (χ0) is 24.2. The second kappa shape index (κ2) is 10.7. The van der Waals surface area contributed by atoms with Gasteiger partial charge in [-0.1, -0.05) is 33.6 Å². The van der Waals surface area contributed by atoms with Crippen LogP contribution in [0.3, 0.4) is 0 Å². The van der Waals surface area contributed by atoms with Gasteiger partial charge in [0.1, 0.15) is 11.6 Å². The van der Waals surface area contributed by atoms with Crippen LogP contribution < -0.4 is 10.6 Å². The quantitative estimate of drug-likeness (QED) is 0.361. The number of hydrogen-bond acceptors (Lipinski definition) is 5. The summed E-state index contributed by atoms with van der Waals surface area (Å²) in [6.45, 7) is 9.79. The molecule has 3 unspecified atom stereocenters.